The van der Waals surface area contributed by atoms with E-state index in [1.54, 1.807) is 0 Å². The lowest BCUT2D eigenvalue weighted by Gasteiger charge is -2.10. The van der Waals surface area contributed by atoms with Gasteiger partial charge in [-0.25, -0.2) is 4.39 Å². The van der Waals surface area contributed by atoms with Crippen LogP contribution in [0.3, 0.4) is 0 Å². The smallest absolute Gasteiger partial charge is 0.194 e. The van der Waals surface area contributed by atoms with Gasteiger partial charge in [-0.15, -0.1) is 0 Å². The molecule has 13 heavy (non-hydrogen) atoms. The van der Waals surface area contributed by atoms with Crippen molar-refractivity contribution in [2.75, 3.05) is 6.54 Å². The lowest BCUT2D eigenvalue weighted by molar-refractivity contribution is 0.180. The van der Waals surface area contributed by atoms with Crippen molar-refractivity contribution in [2.24, 2.45) is 5.73 Å². The number of nitrogens with two attached hydrogens (primary N) is 1. The molecule has 1 aromatic carbocycles. The van der Waals surface area contributed by atoms with E-state index in [1.807, 2.05) is 0 Å². The molecule has 0 fully saturated rings. The van der Waals surface area contributed by atoms with Crippen LogP contribution in [-0.4, -0.2) is 21.9 Å². The number of rotatable bonds is 2. The molecule has 0 aliphatic rings. The van der Waals surface area contributed by atoms with Crippen LogP contribution in [0.25, 0.3) is 0 Å². The summed E-state index contributed by atoms with van der Waals surface area (Å²) < 4.78 is 13.1. The molecule has 5 N–H and O–H groups in total. The van der Waals surface area contributed by atoms with Crippen molar-refractivity contribution >= 4 is 0 Å². The third-order valence-electron chi connectivity index (χ3n) is 1.71. The fraction of sp³-hybridized carbons (Fsp3) is 0.250. The van der Waals surface area contributed by atoms with E-state index in [0.29, 0.717) is 0 Å². The van der Waals surface area contributed by atoms with Crippen LogP contribution < -0.4 is 5.73 Å². The fourth-order valence-corrected chi connectivity index (χ4v) is 0.954. The Morgan fingerprint density at radius 3 is 2.54 bits per heavy atom. The van der Waals surface area contributed by atoms with Gasteiger partial charge >= 0.3 is 0 Å². The average molecular weight is 187 g/mol. The van der Waals surface area contributed by atoms with Crippen LogP contribution in [0.4, 0.5) is 4.39 Å². The Kier molecular flexibility index (Phi) is 2.69. The van der Waals surface area contributed by atoms with Gasteiger partial charge in [-0.05, 0) is 12.1 Å². The molecule has 0 radical (unpaired) electrons. The Bertz CT molecular complexity index is 317. The second kappa shape index (κ2) is 3.59. The summed E-state index contributed by atoms with van der Waals surface area (Å²) in [6.45, 7) is -0.152. The van der Waals surface area contributed by atoms with E-state index in [1.165, 1.54) is 6.07 Å². The average Bonchev–Trinajstić information content (AvgIpc) is 2.13. The van der Waals surface area contributed by atoms with Crippen molar-refractivity contribution in [2.45, 2.75) is 6.10 Å². The first-order valence-corrected chi connectivity index (χ1v) is 3.66. The van der Waals surface area contributed by atoms with E-state index in [0.717, 1.165) is 6.07 Å². The zero-order chi connectivity index (χ0) is 10.0. The highest BCUT2D eigenvalue weighted by Gasteiger charge is 2.16. The van der Waals surface area contributed by atoms with Crippen molar-refractivity contribution in [3.05, 3.63) is 23.5 Å². The van der Waals surface area contributed by atoms with Gasteiger partial charge in [0.05, 0.1) is 6.10 Å². The highest BCUT2D eigenvalue weighted by Crippen LogP contribution is 2.31. The summed E-state index contributed by atoms with van der Waals surface area (Å²) in [7, 11) is 0. The summed E-state index contributed by atoms with van der Waals surface area (Å²) in [5, 5.41) is 27.0. The molecule has 0 saturated carbocycles. The number of aliphatic hydroxyl groups is 1. The first-order chi connectivity index (χ1) is 6.07. The predicted octanol–water partition coefficient (Wildman–Crippen LogP) is 0.229. The minimum Gasteiger partial charge on any atom is -0.504 e. The SMILES string of the molecule is NC[C@@H](O)c1ccc(O)c(O)c1F. The maximum atomic E-state index is 13.1. The number of aromatic hydroxyl groups is 2. The second-order valence-electron chi connectivity index (χ2n) is 2.59. The van der Waals surface area contributed by atoms with Crippen LogP contribution in [0.15, 0.2) is 12.1 Å². The number of phenolic OH excluding ortho intramolecular Hbond substituents is 2. The van der Waals surface area contributed by atoms with Crippen molar-refractivity contribution in [3.8, 4) is 11.5 Å². The number of hydrogen-bond donors (Lipinski definition) is 4. The van der Waals surface area contributed by atoms with Crippen molar-refractivity contribution in [1.29, 1.82) is 0 Å². The maximum Gasteiger partial charge on any atom is 0.194 e. The predicted molar refractivity (Wildman–Crippen MR) is 43.7 cm³/mol. The molecule has 1 rings (SSSR count). The standard InChI is InChI=1S/C8H10FNO3/c9-7-4(6(12)3-10)1-2-5(11)8(7)13/h1-2,6,11-13H,3,10H2/t6-/m1/s1. The molecule has 0 saturated heterocycles. The van der Waals surface area contributed by atoms with E-state index in [-0.39, 0.29) is 12.1 Å². The van der Waals surface area contributed by atoms with E-state index in [9.17, 15) is 4.39 Å². The van der Waals surface area contributed by atoms with E-state index in [4.69, 9.17) is 21.1 Å². The molecule has 5 heteroatoms. The van der Waals surface area contributed by atoms with Crippen LogP contribution in [0.5, 0.6) is 11.5 Å². The lowest BCUT2D eigenvalue weighted by atomic mass is 10.1. The highest BCUT2D eigenvalue weighted by molar-refractivity contribution is 5.43. The summed E-state index contributed by atoms with van der Waals surface area (Å²) in [6.07, 6.45) is -1.17. The monoisotopic (exact) mass is 187 g/mol. The molecule has 1 aromatic rings. The molecule has 0 aromatic heterocycles. The quantitative estimate of drug-likeness (QED) is 0.499. The van der Waals surface area contributed by atoms with Crippen LogP contribution in [-0.2, 0) is 0 Å². The van der Waals surface area contributed by atoms with E-state index < -0.39 is 23.4 Å². The van der Waals surface area contributed by atoms with Crippen molar-refractivity contribution in [1.82, 2.24) is 0 Å². The molecule has 4 nitrogen and oxygen atoms in total. The molecule has 0 amide bonds. The molecular weight excluding hydrogens is 177 g/mol. The van der Waals surface area contributed by atoms with Gasteiger partial charge in [0.2, 0.25) is 0 Å². The topological polar surface area (TPSA) is 86.7 Å². The van der Waals surface area contributed by atoms with Gasteiger partial charge in [0.25, 0.3) is 0 Å². The highest BCUT2D eigenvalue weighted by atomic mass is 19.1. The number of hydrogen-bond acceptors (Lipinski definition) is 4. The van der Waals surface area contributed by atoms with Crippen LogP contribution >= 0.6 is 0 Å². The minimum absolute atomic E-state index is 0.127. The summed E-state index contributed by atoms with van der Waals surface area (Å²) in [5.41, 5.74) is 4.97. The summed E-state index contributed by atoms with van der Waals surface area (Å²) in [5.74, 6) is -2.48. The third kappa shape index (κ3) is 1.71. The molecule has 0 unspecified atom stereocenters. The maximum absolute atomic E-state index is 13.1. The van der Waals surface area contributed by atoms with Gasteiger partial charge in [0, 0.05) is 12.1 Å². The molecule has 0 spiro atoms. The number of phenols is 2. The molecular formula is C8H10FNO3. The molecule has 0 aliphatic carbocycles. The van der Waals surface area contributed by atoms with Gasteiger partial charge < -0.3 is 21.1 Å². The first-order valence-electron chi connectivity index (χ1n) is 3.66. The number of halogens is 1. The normalized spacial score (nSPS) is 12.8. The van der Waals surface area contributed by atoms with E-state index in [2.05, 4.69) is 0 Å². The third-order valence-corrected chi connectivity index (χ3v) is 1.71. The van der Waals surface area contributed by atoms with Gasteiger partial charge in [0.15, 0.2) is 17.3 Å². The summed E-state index contributed by atoms with van der Waals surface area (Å²) >= 11 is 0. The van der Waals surface area contributed by atoms with Gasteiger partial charge in [-0.1, -0.05) is 0 Å². The molecule has 72 valence electrons. The van der Waals surface area contributed by atoms with Crippen LogP contribution in [0, 0.1) is 5.82 Å². The van der Waals surface area contributed by atoms with Crippen molar-refractivity contribution < 1.29 is 19.7 Å². The minimum atomic E-state index is -1.17. The van der Waals surface area contributed by atoms with Crippen molar-refractivity contribution in [3.63, 3.8) is 0 Å². The Balaban J connectivity index is 3.18. The Morgan fingerprint density at radius 1 is 1.38 bits per heavy atom. The zero-order valence-corrected chi connectivity index (χ0v) is 6.74. The van der Waals surface area contributed by atoms with Gasteiger partial charge in [-0.2, -0.15) is 0 Å². The Labute approximate surface area is 74.0 Å². The molecule has 1 atom stereocenters. The van der Waals surface area contributed by atoms with E-state index >= 15 is 0 Å². The molecule has 0 heterocycles. The first kappa shape index (κ1) is 9.76. The van der Waals surface area contributed by atoms with Gasteiger partial charge in [-0.3, -0.25) is 0 Å². The Hall–Kier alpha value is -1.33. The fourth-order valence-electron chi connectivity index (χ4n) is 0.954. The summed E-state index contributed by atoms with van der Waals surface area (Å²) in [6, 6.07) is 2.26. The largest absolute Gasteiger partial charge is 0.504 e. The molecule has 0 aliphatic heterocycles. The zero-order valence-electron chi connectivity index (χ0n) is 6.74. The summed E-state index contributed by atoms with van der Waals surface area (Å²) in [4.78, 5) is 0. The second-order valence-corrected chi connectivity index (χ2v) is 2.59. The number of aliphatic hydroxyl groups excluding tert-OH is 1. The lowest BCUT2D eigenvalue weighted by Crippen LogP contribution is -2.12. The van der Waals surface area contributed by atoms with Crippen LogP contribution in [0.2, 0.25) is 0 Å². The van der Waals surface area contributed by atoms with Crippen LogP contribution in [0.1, 0.15) is 11.7 Å². The van der Waals surface area contributed by atoms with Gasteiger partial charge in [0.1, 0.15) is 0 Å². The molecule has 0 bridgehead atoms. The number of benzene rings is 1. The Morgan fingerprint density at radius 2 is 2.00 bits per heavy atom.